The standard InChI is InChI=1S/C12H23NO2/c1-2-13-8-7-12(5-3-6-12)15-11-4-9-14-10-11/h11,13H,2-10H2,1H3. The minimum Gasteiger partial charge on any atom is -0.379 e. The third-order valence-electron chi connectivity index (χ3n) is 3.58. The first-order chi connectivity index (χ1) is 7.35. The van der Waals surface area contributed by atoms with Crippen LogP contribution in [0.5, 0.6) is 0 Å². The topological polar surface area (TPSA) is 30.5 Å². The summed E-state index contributed by atoms with van der Waals surface area (Å²) in [4.78, 5) is 0. The van der Waals surface area contributed by atoms with Gasteiger partial charge >= 0.3 is 0 Å². The first kappa shape index (κ1) is 11.4. The zero-order valence-corrected chi connectivity index (χ0v) is 9.76. The summed E-state index contributed by atoms with van der Waals surface area (Å²) in [5, 5.41) is 3.39. The molecule has 3 nitrogen and oxygen atoms in total. The molecule has 0 bridgehead atoms. The summed E-state index contributed by atoms with van der Waals surface area (Å²) in [6, 6.07) is 0. The largest absolute Gasteiger partial charge is 0.379 e. The van der Waals surface area contributed by atoms with Crippen LogP contribution in [0, 0.1) is 0 Å². The fraction of sp³-hybridized carbons (Fsp3) is 1.00. The Labute approximate surface area is 92.5 Å². The van der Waals surface area contributed by atoms with E-state index >= 15 is 0 Å². The summed E-state index contributed by atoms with van der Waals surface area (Å²) in [5.74, 6) is 0. The van der Waals surface area contributed by atoms with Crippen molar-refractivity contribution in [1.82, 2.24) is 5.32 Å². The van der Waals surface area contributed by atoms with Gasteiger partial charge in [0.15, 0.2) is 0 Å². The molecule has 0 radical (unpaired) electrons. The predicted molar refractivity (Wildman–Crippen MR) is 60.1 cm³/mol. The maximum atomic E-state index is 6.22. The lowest BCUT2D eigenvalue weighted by Crippen LogP contribution is -2.45. The van der Waals surface area contributed by atoms with Gasteiger partial charge in [0.1, 0.15) is 0 Å². The molecule has 0 aromatic heterocycles. The van der Waals surface area contributed by atoms with Gasteiger partial charge in [-0.1, -0.05) is 6.92 Å². The number of nitrogens with one attached hydrogen (secondary N) is 1. The smallest absolute Gasteiger partial charge is 0.0837 e. The fourth-order valence-corrected chi connectivity index (χ4v) is 2.45. The number of rotatable bonds is 6. The number of ether oxygens (including phenoxy) is 2. The van der Waals surface area contributed by atoms with E-state index in [0.29, 0.717) is 6.10 Å². The molecule has 0 aromatic rings. The van der Waals surface area contributed by atoms with Gasteiger partial charge in [0.05, 0.1) is 18.3 Å². The zero-order valence-electron chi connectivity index (χ0n) is 9.76. The van der Waals surface area contributed by atoms with Crippen molar-refractivity contribution in [3.05, 3.63) is 0 Å². The molecule has 3 heteroatoms. The highest BCUT2D eigenvalue weighted by Gasteiger charge is 2.40. The van der Waals surface area contributed by atoms with Crippen LogP contribution in [0.15, 0.2) is 0 Å². The Morgan fingerprint density at radius 2 is 2.33 bits per heavy atom. The summed E-state index contributed by atoms with van der Waals surface area (Å²) in [7, 11) is 0. The average molecular weight is 213 g/mol. The monoisotopic (exact) mass is 213 g/mol. The highest BCUT2D eigenvalue weighted by atomic mass is 16.6. The molecule has 1 atom stereocenters. The third-order valence-corrected chi connectivity index (χ3v) is 3.58. The van der Waals surface area contributed by atoms with Crippen molar-refractivity contribution in [2.75, 3.05) is 26.3 Å². The minimum absolute atomic E-state index is 0.195. The van der Waals surface area contributed by atoms with Gasteiger partial charge < -0.3 is 14.8 Å². The third kappa shape index (κ3) is 2.92. The molecule has 1 saturated heterocycles. The van der Waals surface area contributed by atoms with Crippen molar-refractivity contribution in [1.29, 1.82) is 0 Å². The summed E-state index contributed by atoms with van der Waals surface area (Å²) < 4.78 is 11.6. The Balaban J connectivity index is 1.74. The Morgan fingerprint density at radius 1 is 1.47 bits per heavy atom. The van der Waals surface area contributed by atoms with Gasteiger partial charge in [0.2, 0.25) is 0 Å². The molecule has 88 valence electrons. The molecular weight excluding hydrogens is 190 g/mol. The summed E-state index contributed by atoms with van der Waals surface area (Å²) >= 11 is 0. The van der Waals surface area contributed by atoms with E-state index in [2.05, 4.69) is 12.2 Å². The van der Waals surface area contributed by atoms with E-state index in [-0.39, 0.29) is 5.60 Å². The maximum Gasteiger partial charge on any atom is 0.0837 e. The lowest BCUT2D eigenvalue weighted by atomic mass is 9.77. The van der Waals surface area contributed by atoms with Crippen molar-refractivity contribution >= 4 is 0 Å². The molecule has 2 fully saturated rings. The van der Waals surface area contributed by atoms with Crippen molar-refractivity contribution in [3.63, 3.8) is 0 Å². The van der Waals surface area contributed by atoms with Gasteiger partial charge in [0, 0.05) is 6.61 Å². The molecule has 1 aliphatic heterocycles. The van der Waals surface area contributed by atoms with Crippen LogP contribution in [0.4, 0.5) is 0 Å². The van der Waals surface area contributed by atoms with E-state index in [4.69, 9.17) is 9.47 Å². The average Bonchev–Trinajstić information content (AvgIpc) is 2.66. The van der Waals surface area contributed by atoms with Gasteiger partial charge in [-0.15, -0.1) is 0 Å². The van der Waals surface area contributed by atoms with Gasteiger partial charge in [-0.25, -0.2) is 0 Å². The second-order valence-corrected chi connectivity index (χ2v) is 4.74. The van der Waals surface area contributed by atoms with Crippen LogP contribution in [0.3, 0.4) is 0 Å². The molecular formula is C12H23NO2. The normalized spacial score (nSPS) is 29.0. The number of hydrogen-bond donors (Lipinski definition) is 1. The summed E-state index contributed by atoms with van der Waals surface area (Å²) in [6.45, 7) is 5.99. The predicted octanol–water partition coefficient (Wildman–Crippen LogP) is 1.71. The van der Waals surface area contributed by atoms with Crippen LogP contribution in [0.25, 0.3) is 0 Å². The van der Waals surface area contributed by atoms with E-state index in [9.17, 15) is 0 Å². The Bertz CT molecular complexity index is 186. The first-order valence-corrected chi connectivity index (χ1v) is 6.31. The van der Waals surface area contributed by atoms with Crippen molar-refractivity contribution in [2.45, 2.75) is 50.7 Å². The first-order valence-electron chi connectivity index (χ1n) is 6.31. The molecule has 15 heavy (non-hydrogen) atoms. The summed E-state index contributed by atoms with van der Waals surface area (Å²) in [5.41, 5.74) is 0.195. The Hall–Kier alpha value is -0.120. The van der Waals surface area contributed by atoms with E-state index in [1.165, 1.54) is 19.3 Å². The lowest BCUT2D eigenvalue weighted by Gasteiger charge is -2.43. The summed E-state index contributed by atoms with van der Waals surface area (Å²) in [6.07, 6.45) is 6.44. The van der Waals surface area contributed by atoms with Gasteiger partial charge in [-0.05, 0) is 45.2 Å². The van der Waals surface area contributed by atoms with Crippen molar-refractivity contribution in [3.8, 4) is 0 Å². The molecule has 1 N–H and O–H groups in total. The SMILES string of the molecule is CCNCCC1(OC2CCOC2)CCC1. The molecule has 1 unspecified atom stereocenters. The van der Waals surface area contributed by atoms with E-state index in [1.807, 2.05) is 0 Å². The number of hydrogen-bond acceptors (Lipinski definition) is 3. The molecule has 1 aliphatic carbocycles. The molecule has 0 aromatic carbocycles. The second-order valence-electron chi connectivity index (χ2n) is 4.74. The molecule has 1 saturated carbocycles. The maximum absolute atomic E-state index is 6.22. The van der Waals surface area contributed by atoms with Crippen molar-refractivity contribution < 1.29 is 9.47 Å². The van der Waals surface area contributed by atoms with Crippen LogP contribution in [0.2, 0.25) is 0 Å². The van der Waals surface area contributed by atoms with Crippen LogP contribution in [0.1, 0.15) is 39.0 Å². The molecule has 0 amide bonds. The fourth-order valence-electron chi connectivity index (χ4n) is 2.45. The quantitative estimate of drug-likeness (QED) is 0.681. The van der Waals surface area contributed by atoms with Crippen LogP contribution in [-0.2, 0) is 9.47 Å². The van der Waals surface area contributed by atoms with Crippen LogP contribution in [-0.4, -0.2) is 38.0 Å². The minimum atomic E-state index is 0.195. The molecule has 0 spiro atoms. The van der Waals surface area contributed by atoms with E-state index in [0.717, 1.165) is 39.1 Å². The molecule has 1 heterocycles. The van der Waals surface area contributed by atoms with Crippen molar-refractivity contribution in [2.24, 2.45) is 0 Å². The van der Waals surface area contributed by atoms with Crippen LogP contribution < -0.4 is 5.32 Å². The zero-order chi connectivity index (χ0) is 10.6. The molecule has 2 aliphatic rings. The van der Waals surface area contributed by atoms with E-state index in [1.54, 1.807) is 0 Å². The Morgan fingerprint density at radius 3 is 2.87 bits per heavy atom. The highest BCUT2D eigenvalue weighted by molar-refractivity contribution is 4.91. The van der Waals surface area contributed by atoms with Gasteiger partial charge in [-0.2, -0.15) is 0 Å². The van der Waals surface area contributed by atoms with Gasteiger partial charge in [-0.3, -0.25) is 0 Å². The second kappa shape index (κ2) is 5.28. The Kier molecular flexibility index (Phi) is 4.00. The van der Waals surface area contributed by atoms with E-state index < -0.39 is 0 Å². The molecule has 2 rings (SSSR count). The van der Waals surface area contributed by atoms with Crippen LogP contribution >= 0.6 is 0 Å². The highest BCUT2D eigenvalue weighted by Crippen LogP contribution is 2.40. The van der Waals surface area contributed by atoms with Gasteiger partial charge in [0.25, 0.3) is 0 Å². The lowest BCUT2D eigenvalue weighted by molar-refractivity contribution is -0.142.